The number of hydrogen-bond acceptors (Lipinski definition) is 5. The Bertz CT molecular complexity index is 715. The molecule has 0 spiro atoms. The summed E-state index contributed by atoms with van der Waals surface area (Å²) in [5.41, 5.74) is 0.880. The molecule has 0 aliphatic carbocycles. The molecular weight excluding hydrogens is 322 g/mol. The lowest BCUT2D eigenvalue weighted by Crippen LogP contribution is -2.53. The molecule has 1 aliphatic rings. The highest BCUT2D eigenvalue weighted by atomic mass is 16.5. The fourth-order valence-corrected chi connectivity index (χ4v) is 2.69. The van der Waals surface area contributed by atoms with Crippen molar-refractivity contribution in [2.75, 3.05) is 20.3 Å². The van der Waals surface area contributed by atoms with Gasteiger partial charge in [-0.3, -0.25) is 5.10 Å². The SMILES string of the molecule is COc1ccc(-c2n[nH]c(CNC(=O)N3CC(C)OCC3C)n2)cc1. The number of aromatic amines is 1. The maximum atomic E-state index is 12.4. The van der Waals surface area contributed by atoms with E-state index >= 15 is 0 Å². The Morgan fingerprint density at radius 3 is 2.88 bits per heavy atom. The van der Waals surface area contributed by atoms with Crippen LogP contribution >= 0.6 is 0 Å². The molecule has 0 saturated carbocycles. The summed E-state index contributed by atoms with van der Waals surface area (Å²) in [5, 5.41) is 9.94. The Balaban J connectivity index is 1.58. The molecule has 1 aliphatic heterocycles. The van der Waals surface area contributed by atoms with Crippen molar-refractivity contribution in [1.29, 1.82) is 0 Å². The van der Waals surface area contributed by atoms with Gasteiger partial charge in [-0.05, 0) is 38.1 Å². The standard InChI is InChI=1S/C17H23N5O3/c1-11-10-25-12(2)9-22(11)17(23)18-8-15-19-16(21-20-15)13-4-6-14(24-3)7-5-13/h4-7,11-12H,8-10H2,1-3H3,(H,18,23)(H,19,20,21). The molecule has 2 atom stereocenters. The molecule has 2 aromatic rings. The number of carbonyl (C=O) groups is 1. The summed E-state index contributed by atoms with van der Waals surface area (Å²) < 4.78 is 10.7. The molecule has 1 saturated heterocycles. The lowest BCUT2D eigenvalue weighted by atomic mass is 10.2. The Hall–Kier alpha value is -2.61. The fourth-order valence-electron chi connectivity index (χ4n) is 2.69. The van der Waals surface area contributed by atoms with Gasteiger partial charge in [0.15, 0.2) is 5.82 Å². The van der Waals surface area contributed by atoms with Crippen LogP contribution in [0.2, 0.25) is 0 Å². The summed E-state index contributed by atoms with van der Waals surface area (Å²) in [6.07, 6.45) is 0.0499. The summed E-state index contributed by atoms with van der Waals surface area (Å²) in [5.74, 6) is 1.97. The zero-order valence-corrected chi connectivity index (χ0v) is 14.7. The van der Waals surface area contributed by atoms with Gasteiger partial charge >= 0.3 is 6.03 Å². The predicted molar refractivity (Wildman–Crippen MR) is 92.2 cm³/mol. The highest BCUT2D eigenvalue weighted by Gasteiger charge is 2.27. The zero-order chi connectivity index (χ0) is 17.8. The third kappa shape index (κ3) is 4.08. The van der Waals surface area contributed by atoms with Gasteiger partial charge in [-0.1, -0.05) is 0 Å². The van der Waals surface area contributed by atoms with Crippen LogP contribution in [0.15, 0.2) is 24.3 Å². The second kappa shape index (κ2) is 7.52. The number of ether oxygens (including phenoxy) is 2. The minimum Gasteiger partial charge on any atom is -0.497 e. The van der Waals surface area contributed by atoms with Crippen LogP contribution in [0.4, 0.5) is 4.79 Å². The Morgan fingerprint density at radius 1 is 1.40 bits per heavy atom. The van der Waals surface area contributed by atoms with Gasteiger partial charge in [0.1, 0.15) is 11.6 Å². The molecule has 2 amide bonds. The number of benzene rings is 1. The minimum atomic E-state index is -0.120. The van der Waals surface area contributed by atoms with E-state index in [1.54, 1.807) is 12.0 Å². The molecule has 134 valence electrons. The summed E-state index contributed by atoms with van der Waals surface area (Å²) >= 11 is 0. The van der Waals surface area contributed by atoms with Gasteiger partial charge in [0.2, 0.25) is 0 Å². The van der Waals surface area contributed by atoms with Crippen molar-refractivity contribution in [3.63, 3.8) is 0 Å². The number of methoxy groups -OCH3 is 1. The number of aromatic nitrogens is 3. The van der Waals surface area contributed by atoms with E-state index in [0.29, 0.717) is 31.3 Å². The van der Waals surface area contributed by atoms with Crippen LogP contribution in [0.5, 0.6) is 5.75 Å². The van der Waals surface area contributed by atoms with Gasteiger partial charge in [-0.15, -0.1) is 0 Å². The maximum Gasteiger partial charge on any atom is 0.318 e. The summed E-state index contributed by atoms with van der Waals surface area (Å²) in [6.45, 7) is 5.37. The third-order valence-electron chi connectivity index (χ3n) is 4.16. The molecule has 3 rings (SSSR count). The first-order chi connectivity index (χ1) is 12.1. The number of carbonyl (C=O) groups excluding carboxylic acids is 1. The molecule has 0 radical (unpaired) electrons. The van der Waals surface area contributed by atoms with Gasteiger partial charge in [0.25, 0.3) is 0 Å². The maximum absolute atomic E-state index is 12.4. The van der Waals surface area contributed by atoms with Gasteiger partial charge < -0.3 is 19.7 Å². The van der Waals surface area contributed by atoms with Crippen LogP contribution in [-0.4, -0.2) is 58.5 Å². The third-order valence-corrected chi connectivity index (χ3v) is 4.16. The average molecular weight is 345 g/mol. The van der Waals surface area contributed by atoms with Crippen LogP contribution in [0.3, 0.4) is 0 Å². The Morgan fingerprint density at radius 2 is 2.16 bits per heavy atom. The number of nitrogens with zero attached hydrogens (tertiary/aromatic N) is 3. The van der Waals surface area contributed by atoms with Crippen molar-refractivity contribution < 1.29 is 14.3 Å². The molecule has 2 N–H and O–H groups in total. The van der Waals surface area contributed by atoms with E-state index < -0.39 is 0 Å². The monoisotopic (exact) mass is 345 g/mol. The number of morpholine rings is 1. The van der Waals surface area contributed by atoms with Crippen LogP contribution in [0.1, 0.15) is 19.7 Å². The van der Waals surface area contributed by atoms with E-state index in [1.165, 1.54) is 0 Å². The van der Waals surface area contributed by atoms with E-state index in [4.69, 9.17) is 9.47 Å². The molecule has 2 heterocycles. The highest BCUT2D eigenvalue weighted by molar-refractivity contribution is 5.74. The average Bonchev–Trinajstić information content (AvgIpc) is 3.11. The number of nitrogens with one attached hydrogen (secondary N) is 2. The van der Waals surface area contributed by atoms with Crippen molar-refractivity contribution in [2.45, 2.75) is 32.5 Å². The Kier molecular flexibility index (Phi) is 5.18. The lowest BCUT2D eigenvalue weighted by molar-refractivity contribution is -0.0318. The minimum absolute atomic E-state index is 0.0499. The largest absolute Gasteiger partial charge is 0.497 e. The highest BCUT2D eigenvalue weighted by Crippen LogP contribution is 2.19. The first-order valence-corrected chi connectivity index (χ1v) is 8.28. The molecule has 0 bridgehead atoms. The van der Waals surface area contributed by atoms with Crippen molar-refractivity contribution in [1.82, 2.24) is 25.4 Å². The molecule has 8 heteroatoms. The van der Waals surface area contributed by atoms with E-state index in [-0.39, 0.29) is 18.2 Å². The molecule has 1 aromatic heterocycles. The van der Waals surface area contributed by atoms with Gasteiger partial charge in [0.05, 0.1) is 32.4 Å². The van der Waals surface area contributed by atoms with E-state index in [0.717, 1.165) is 11.3 Å². The lowest BCUT2D eigenvalue weighted by Gasteiger charge is -2.36. The number of rotatable bonds is 4. The Labute approximate surface area is 146 Å². The number of hydrogen-bond donors (Lipinski definition) is 2. The van der Waals surface area contributed by atoms with E-state index in [1.807, 2.05) is 38.1 Å². The second-order valence-corrected chi connectivity index (χ2v) is 6.14. The molecule has 2 unspecified atom stereocenters. The molecule has 25 heavy (non-hydrogen) atoms. The molecule has 8 nitrogen and oxygen atoms in total. The first-order valence-electron chi connectivity index (χ1n) is 8.28. The molecular formula is C17H23N5O3. The zero-order valence-electron chi connectivity index (χ0n) is 14.7. The smallest absolute Gasteiger partial charge is 0.318 e. The predicted octanol–water partition coefficient (Wildman–Crippen LogP) is 1.80. The topological polar surface area (TPSA) is 92.4 Å². The quantitative estimate of drug-likeness (QED) is 0.881. The van der Waals surface area contributed by atoms with Crippen LogP contribution < -0.4 is 10.1 Å². The van der Waals surface area contributed by atoms with Crippen molar-refractivity contribution in [3.05, 3.63) is 30.1 Å². The van der Waals surface area contributed by atoms with Crippen LogP contribution in [-0.2, 0) is 11.3 Å². The van der Waals surface area contributed by atoms with Crippen LogP contribution in [0, 0.1) is 0 Å². The first kappa shape index (κ1) is 17.2. The van der Waals surface area contributed by atoms with Crippen molar-refractivity contribution in [3.8, 4) is 17.1 Å². The fraction of sp³-hybridized carbons (Fsp3) is 0.471. The van der Waals surface area contributed by atoms with Gasteiger partial charge in [-0.2, -0.15) is 5.10 Å². The summed E-state index contributed by atoms with van der Waals surface area (Å²) in [7, 11) is 1.62. The van der Waals surface area contributed by atoms with E-state index in [2.05, 4.69) is 20.5 Å². The normalized spacial score (nSPS) is 20.4. The van der Waals surface area contributed by atoms with Crippen molar-refractivity contribution in [2.24, 2.45) is 0 Å². The van der Waals surface area contributed by atoms with Crippen LogP contribution in [0.25, 0.3) is 11.4 Å². The molecule has 1 fully saturated rings. The van der Waals surface area contributed by atoms with E-state index in [9.17, 15) is 4.79 Å². The van der Waals surface area contributed by atoms with Crippen molar-refractivity contribution >= 4 is 6.03 Å². The summed E-state index contributed by atoms with van der Waals surface area (Å²) in [6, 6.07) is 7.43. The number of H-pyrrole nitrogens is 1. The van der Waals surface area contributed by atoms with Gasteiger partial charge in [0, 0.05) is 12.1 Å². The summed E-state index contributed by atoms with van der Waals surface area (Å²) in [4.78, 5) is 18.6. The number of urea groups is 1. The second-order valence-electron chi connectivity index (χ2n) is 6.14. The van der Waals surface area contributed by atoms with Gasteiger partial charge in [-0.25, -0.2) is 9.78 Å². The molecule has 1 aromatic carbocycles. The number of amides is 2.